The molecule has 1 aromatic rings. The van der Waals surface area contributed by atoms with Crippen LogP contribution in [0.25, 0.3) is 0 Å². The molecule has 0 aliphatic carbocycles. The van der Waals surface area contributed by atoms with Crippen molar-refractivity contribution >= 4 is 29.3 Å². The summed E-state index contributed by atoms with van der Waals surface area (Å²) in [6.45, 7) is 1.64. The summed E-state index contributed by atoms with van der Waals surface area (Å²) in [5.41, 5.74) is 5.44. The molecule has 2 N–H and O–H groups in total. The Labute approximate surface area is 121 Å². The smallest absolute Gasteiger partial charge is 0.407 e. The molecular weight excluding hydrogens is 293 g/mol. The third kappa shape index (κ3) is 3.73. The first-order chi connectivity index (χ1) is 8.96. The van der Waals surface area contributed by atoms with Gasteiger partial charge in [-0.15, -0.1) is 0 Å². The minimum atomic E-state index is -1.47. The molecule has 0 saturated heterocycles. The highest BCUT2D eigenvalue weighted by molar-refractivity contribution is 6.36. The Hall–Kier alpha value is -1.01. The molecule has 5 nitrogen and oxygen atoms in total. The largest absolute Gasteiger partial charge is 0.412 e. The average molecular weight is 308 g/mol. The number of rotatable bonds is 6. The zero-order valence-corrected chi connectivity index (χ0v) is 12.1. The second-order valence-corrected chi connectivity index (χ2v) is 4.49. The predicted molar refractivity (Wildman–Crippen MR) is 72.1 cm³/mol. The van der Waals surface area contributed by atoms with Gasteiger partial charge in [0.05, 0.1) is 15.6 Å². The average Bonchev–Trinajstić information content (AvgIpc) is 2.34. The minimum absolute atomic E-state index is 0.108. The van der Waals surface area contributed by atoms with Crippen molar-refractivity contribution in [3.8, 4) is 0 Å². The highest BCUT2D eigenvalue weighted by atomic mass is 35.5. The monoisotopic (exact) mass is 307 g/mol. The van der Waals surface area contributed by atoms with Crippen LogP contribution < -0.4 is 5.73 Å². The molecule has 1 rings (SSSR count). The Balaban J connectivity index is 3.31. The Morgan fingerprint density at radius 2 is 1.95 bits per heavy atom. The Morgan fingerprint density at radius 3 is 2.37 bits per heavy atom. The van der Waals surface area contributed by atoms with E-state index in [2.05, 4.69) is 0 Å². The van der Waals surface area contributed by atoms with Gasteiger partial charge in [0.25, 0.3) is 0 Å². The van der Waals surface area contributed by atoms with Crippen molar-refractivity contribution in [2.75, 3.05) is 13.9 Å². The number of halogens is 2. The quantitative estimate of drug-likeness (QED) is 0.819. The number of hydrogen-bond donors (Lipinski definition) is 1. The maximum absolute atomic E-state index is 11.1. The lowest BCUT2D eigenvalue weighted by molar-refractivity contribution is -0.249. The topological polar surface area (TPSA) is 70.8 Å². The van der Waals surface area contributed by atoms with E-state index in [-0.39, 0.29) is 13.2 Å². The van der Waals surface area contributed by atoms with E-state index in [0.29, 0.717) is 15.6 Å². The van der Waals surface area contributed by atoms with E-state index in [1.165, 1.54) is 7.11 Å². The van der Waals surface area contributed by atoms with Gasteiger partial charge in [0.15, 0.2) is 6.79 Å². The zero-order chi connectivity index (χ0) is 14.5. The summed E-state index contributed by atoms with van der Waals surface area (Å²) < 4.78 is 15.4. The van der Waals surface area contributed by atoms with Crippen molar-refractivity contribution in [1.82, 2.24) is 0 Å². The van der Waals surface area contributed by atoms with Crippen LogP contribution in [0.4, 0.5) is 4.79 Å². The van der Waals surface area contributed by atoms with Crippen LogP contribution in [0.2, 0.25) is 10.0 Å². The summed E-state index contributed by atoms with van der Waals surface area (Å²) in [6, 6.07) is 4.91. The number of ether oxygens (including phenoxy) is 3. The summed E-state index contributed by atoms with van der Waals surface area (Å²) in [6.07, 6.45) is -0.725. The summed E-state index contributed by atoms with van der Waals surface area (Å²) >= 11 is 12.2. The molecule has 0 saturated carbocycles. The lowest BCUT2D eigenvalue weighted by atomic mass is 10.0. The van der Waals surface area contributed by atoms with Crippen LogP contribution >= 0.6 is 23.2 Å². The van der Waals surface area contributed by atoms with E-state index in [4.69, 9.17) is 43.1 Å². The third-order valence-corrected chi connectivity index (χ3v) is 3.11. The van der Waals surface area contributed by atoms with Crippen molar-refractivity contribution in [2.45, 2.75) is 19.1 Å². The first-order valence-electron chi connectivity index (χ1n) is 5.52. The van der Waals surface area contributed by atoms with Gasteiger partial charge in [-0.25, -0.2) is 4.79 Å². The van der Waals surface area contributed by atoms with E-state index < -0.39 is 11.9 Å². The van der Waals surface area contributed by atoms with E-state index in [9.17, 15) is 4.79 Å². The first-order valence-corrected chi connectivity index (χ1v) is 6.28. The standard InChI is InChI=1S/C12H15Cl2NO4/c1-3-12(18-7-17-2,19-11(15)16)10-8(13)5-4-6-9(10)14/h4-6H,3,7H2,1-2H3,(H2,15,16)/t12-/m0/s1. The van der Waals surface area contributed by atoms with Gasteiger partial charge in [-0.05, 0) is 12.1 Å². The van der Waals surface area contributed by atoms with Gasteiger partial charge in [-0.1, -0.05) is 36.2 Å². The lowest BCUT2D eigenvalue weighted by Crippen LogP contribution is -2.38. The zero-order valence-electron chi connectivity index (χ0n) is 10.6. The number of primary amides is 1. The second-order valence-electron chi connectivity index (χ2n) is 3.68. The number of benzene rings is 1. The van der Waals surface area contributed by atoms with E-state index >= 15 is 0 Å². The highest BCUT2D eigenvalue weighted by Gasteiger charge is 2.39. The van der Waals surface area contributed by atoms with E-state index in [1.54, 1.807) is 25.1 Å². The molecule has 0 unspecified atom stereocenters. The summed E-state index contributed by atoms with van der Waals surface area (Å²) in [7, 11) is 1.44. The summed E-state index contributed by atoms with van der Waals surface area (Å²) in [5.74, 6) is -1.47. The molecule has 0 aliphatic rings. The molecule has 7 heteroatoms. The molecule has 0 heterocycles. The molecule has 0 fully saturated rings. The fraction of sp³-hybridized carbons (Fsp3) is 0.417. The number of carbonyl (C=O) groups excluding carboxylic acids is 1. The number of nitrogens with two attached hydrogens (primary N) is 1. The van der Waals surface area contributed by atoms with Crippen LogP contribution in [0.5, 0.6) is 0 Å². The molecule has 1 atom stereocenters. The summed E-state index contributed by atoms with van der Waals surface area (Å²) in [5, 5.41) is 0.624. The molecule has 0 aliphatic heterocycles. The van der Waals surface area contributed by atoms with E-state index in [0.717, 1.165) is 0 Å². The van der Waals surface area contributed by atoms with Gasteiger partial charge >= 0.3 is 6.09 Å². The predicted octanol–water partition coefficient (Wildman–Crippen LogP) is 3.27. The number of hydrogen-bond acceptors (Lipinski definition) is 4. The molecule has 1 aromatic carbocycles. The molecule has 0 bridgehead atoms. The van der Waals surface area contributed by atoms with Gasteiger partial charge in [0.1, 0.15) is 0 Å². The maximum atomic E-state index is 11.1. The van der Waals surface area contributed by atoms with Gasteiger partial charge in [-0.2, -0.15) is 0 Å². The third-order valence-electron chi connectivity index (χ3n) is 2.48. The van der Waals surface area contributed by atoms with Crippen molar-refractivity contribution in [3.05, 3.63) is 33.8 Å². The van der Waals surface area contributed by atoms with E-state index in [1.807, 2.05) is 0 Å². The molecule has 1 amide bonds. The van der Waals surface area contributed by atoms with Gasteiger partial charge in [0.2, 0.25) is 5.79 Å². The van der Waals surface area contributed by atoms with Crippen LogP contribution in [-0.4, -0.2) is 20.0 Å². The maximum Gasteiger partial charge on any atom is 0.407 e. The van der Waals surface area contributed by atoms with Crippen molar-refractivity contribution in [3.63, 3.8) is 0 Å². The number of amides is 1. The molecule has 0 spiro atoms. The Bertz CT molecular complexity index is 435. The van der Waals surface area contributed by atoms with Crippen LogP contribution in [0.15, 0.2) is 18.2 Å². The fourth-order valence-corrected chi connectivity index (χ4v) is 2.37. The molecule has 106 valence electrons. The number of carbonyl (C=O) groups is 1. The van der Waals surface area contributed by atoms with Gasteiger partial charge in [-0.3, -0.25) is 0 Å². The van der Waals surface area contributed by atoms with Crippen molar-refractivity contribution < 1.29 is 19.0 Å². The molecule has 19 heavy (non-hydrogen) atoms. The number of methoxy groups -OCH3 is 1. The lowest BCUT2D eigenvalue weighted by Gasteiger charge is -2.32. The fourth-order valence-electron chi connectivity index (χ4n) is 1.68. The highest BCUT2D eigenvalue weighted by Crippen LogP contribution is 2.40. The molecule has 0 aromatic heterocycles. The second kappa shape index (κ2) is 6.96. The molecule has 0 radical (unpaired) electrons. The van der Waals surface area contributed by atoms with Gasteiger partial charge < -0.3 is 19.9 Å². The normalized spacial score (nSPS) is 13.9. The van der Waals surface area contributed by atoms with Crippen molar-refractivity contribution in [1.29, 1.82) is 0 Å². The summed E-state index contributed by atoms with van der Waals surface area (Å²) in [4.78, 5) is 11.1. The first kappa shape index (κ1) is 16.0. The van der Waals surface area contributed by atoms with Crippen LogP contribution in [0, 0.1) is 0 Å². The SMILES string of the molecule is CC[C@](OCOC)(OC(N)=O)c1c(Cl)cccc1Cl. The van der Waals surface area contributed by atoms with Crippen molar-refractivity contribution in [2.24, 2.45) is 5.73 Å². The van der Waals surface area contributed by atoms with Crippen LogP contribution in [-0.2, 0) is 20.0 Å². The van der Waals surface area contributed by atoms with Crippen LogP contribution in [0.3, 0.4) is 0 Å². The minimum Gasteiger partial charge on any atom is -0.412 e. The van der Waals surface area contributed by atoms with Gasteiger partial charge in [0, 0.05) is 13.5 Å². The molecular formula is C12H15Cl2NO4. The Morgan fingerprint density at radius 1 is 1.37 bits per heavy atom. The van der Waals surface area contributed by atoms with Crippen LogP contribution in [0.1, 0.15) is 18.9 Å². The Kier molecular flexibility index (Phi) is 5.87.